The highest BCUT2D eigenvalue weighted by atomic mass is 32.1. The molecule has 0 aliphatic heterocycles. The number of nitrogens with two attached hydrogens (primary N) is 1. The zero-order chi connectivity index (χ0) is 13.1. The summed E-state index contributed by atoms with van der Waals surface area (Å²) in [5, 5.41) is 14.8. The zero-order valence-corrected chi connectivity index (χ0v) is 10.4. The molecule has 0 atom stereocenters. The molecule has 0 bridgehead atoms. The van der Waals surface area contributed by atoms with Gasteiger partial charge in [0.2, 0.25) is 11.8 Å². The number of rotatable bonds is 4. The lowest BCUT2D eigenvalue weighted by atomic mass is 10.3. The molecule has 2 heterocycles. The second-order valence-corrected chi connectivity index (χ2v) is 4.46. The fourth-order valence-electron chi connectivity index (χ4n) is 1.52. The Bertz CT molecular complexity index is 557. The van der Waals surface area contributed by atoms with Crippen molar-refractivity contribution in [3.63, 3.8) is 0 Å². The molecule has 0 saturated heterocycles. The molecule has 8 heteroatoms. The van der Waals surface area contributed by atoms with Crippen molar-refractivity contribution in [1.29, 1.82) is 0 Å². The Hall–Kier alpha value is -2.22. The van der Waals surface area contributed by atoms with Gasteiger partial charge in [0, 0.05) is 13.6 Å². The van der Waals surface area contributed by atoms with Crippen LogP contribution in [0.3, 0.4) is 0 Å². The van der Waals surface area contributed by atoms with Crippen molar-refractivity contribution < 1.29 is 4.92 Å². The van der Waals surface area contributed by atoms with Gasteiger partial charge in [-0.05, 0) is 22.4 Å². The van der Waals surface area contributed by atoms with Crippen LogP contribution in [0.25, 0.3) is 0 Å². The van der Waals surface area contributed by atoms with Crippen LogP contribution in [0.5, 0.6) is 0 Å². The molecule has 2 aromatic rings. The highest BCUT2D eigenvalue weighted by Crippen LogP contribution is 2.25. The monoisotopic (exact) mass is 265 g/mol. The van der Waals surface area contributed by atoms with E-state index < -0.39 is 4.92 Å². The Kier molecular flexibility index (Phi) is 3.38. The number of nitrogens with zero attached hydrogens (tertiary/aromatic N) is 4. The molecule has 0 radical (unpaired) electrons. The minimum absolute atomic E-state index is 0.0211. The standard InChI is InChI=1S/C10H11N5O2S/c1-14(5-7-2-3-18-6-7)9-8(15(16)17)4-12-10(11)13-9/h2-4,6H,5H2,1H3,(H2,11,12,13). The summed E-state index contributed by atoms with van der Waals surface area (Å²) in [7, 11) is 1.73. The van der Waals surface area contributed by atoms with Crippen molar-refractivity contribution in [3.8, 4) is 0 Å². The minimum atomic E-state index is -0.515. The molecule has 0 aliphatic rings. The molecule has 0 saturated carbocycles. The summed E-state index contributed by atoms with van der Waals surface area (Å²) in [6.45, 7) is 0.529. The molecule has 94 valence electrons. The van der Waals surface area contributed by atoms with Gasteiger partial charge in [-0.3, -0.25) is 10.1 Å². The van der Waals surface area contributed by atoms with E-state index in [9.17, 15) is 10.1 Å². The molecule has 0 aliphatic carbocycles. The number of thiophene rings is 1. The normalized spacial score (nSPS) is 10.3. The third-order valence-electron chi connectivity index (χ3n) is 2.33. The summed E-state index contributed by atoms with van der Waals surface area (Å²) in [6.07, 6.45) is 1.13. The third-order valence-corrected chi connectivity index (χ3v) is 3.06. The van der Waals surface area contributed by atoms with Gasteiger partial charge in [0.25, 0.3) is 0 Å². The van der Waals surface area contributed by atoms with Crippen molar-refractivity contribution in [2.75, 3.05) is 17.7 Å². The summed E-state index contributed by atoms with van der Waals surface area (Å²) in [6, 6.07) is 1.96. The Labute approximate surface area is 107 Å². The number of anilines is 2. The van der Waals surface area contributed by atoms with Crippen LogP contribution in [-0.4, -0.2) is 21.9 Å². The zero-order valence-electron chi connectivity index (χ0n) is 9.61. The molecule has 7 nitrogen and oxygen atoms in total. The highest BCUT2D eigenvalue weighted by molar-refractivity contribution is 7.07. The van der Waals surface area contributed by atoms with Gasteiger partial charge >= 0.3 is 5.69 Å². The summed E-state index contributed by atoms with van der Waals surface area (Å²) in [5.41, 5.74) is 6.38. The molecule has 2 rings (SSSR count). The van der Waals surface area contributed by atoms with Gasteiger partial charge in [-0.1, -0.05) is 0 Å². The first-order valence-electron chi connectivity index (χ1n) is 5.07. The summed E-state index contributed by atoms with van der Waals surface area (Å²) in [4.78, 5) is 19.6. The van der Waals surface area contributed by atoms with E-state index in [1.54, 1.807) is 23.3 Å². The quantitative estimate of drug-likeness (QED) is 0.667. The van der Waals surface area contributed by atoms with Crippen LogP contribution >= 0.6 is 11.3 Å². The molecule has 2 aromatic heterocycles. The highest BCUT2D eigenvalue weighted by Gasteiger charge is 2.20. The van der Waals surface area contributed by atoms with E-state index in [0.29, 0.717) is 6.54 Å². The second-order valence-electron chi connectivity index (χ2n) is 3.68. The van der Waals surface area contributed by atoms with E-state index in [4.69, 9.17) is 5.73 Å². The van der Waals surface area contributed by atoms with E-state index in [-0.39, 0.29) is 17.5 Å². The van der Waals surface area contributed by atoms with Crippen LogP contribution in [0.15, 0.2) is 23.0 Å². The predicted octanol–water partition coefficient (Wildman–Crippen LogP) is 1.66. The molecule has 0 amide bonds. The molecular formula is C10H11N5O2S. The van der Waals surface area contributed by atoms with Gasteiger partial charge in [0.15, 0.2) is 0 Å². The summed E-state index contributed by atoms with van der Waals surface area (Å²) in [5.74, 6) is 0.242. The third kappa shape index (κ3) is 2.54. The van der Waals surface area contributed by atoms with Crippen LogP contribution in [0.4, 0.5) is 17.5 Å². The van der Waals surface area contributed by atoms with Crippen LogP contribution in [-0.2, 0) is 6.54 Å². The largest absolute Gasteiger partial charge is 0.368 e. The van der Waals surface area contributed by atoms with Crippen molar-refractivity contribution in [2.24, 2.45) is 0 Å². The Morgan fingerprint density at radius 3 is 3.00 bits per heavy atom. The fraction of sp³-hybridized carbons (Fsp3) is 0.200. The molecule has 2 N–H and O–H groups in total. The maximum atomic E-state index is 10.9. The van der Waals surface area contributed by atoms with Crippen LogP contribution in [0.2, 0.25) is 0 Å². The maximum absolute atomic E-state index is 10.9. The maximum Gasteiger partial charge on any atom is 0.329 e. The van der Waals surface area contributed by atoms with Gasteiger partial charge in [-0.25, -0.2) is 4.98 Å². The lowest BCUT2D eigenvalue weighted by Gasteiger charge is -2.17. The van der Waals surface area contributed by atoms with Gasteiger partial charge in [0.05, 0.1) is 4.92 Å². The lowest BCUT2D eigenvalue weighted by molar-refractivity contribution is -0.384. The number of nitro groups is 1. The topological polar surface area (TPSA) is 98.2 Å². The minimum Gasteiger partial charge on any atom is -0.368 e. The second kappa shape index (κ2) is 4.96. The molecule has 0 aromatic carbocycles. The number of hydrogen-bond donors (Lipinski definition) is 1. The van der Waals surface area contributed by atoms with E-state index in [1.165, 1.54) is 0 Å². The average Bonchev–Trinajstić information content (AvgIpc) is 2.81. The van der Waals surface area contributed by atoms with E-state index in [0.717, 1.165) is 11.8 Å². The summed E-state index contributed by atoms with van der Waals surface area (Å²) >= 11 is 1.57. The fourth-order valence-corrected chi connectivity index (χ4v) is 2.18. The average molecular weight is 265 g/mol. The first-order chi connectivity index (χ1) is 8.58. The Morgan fingerprint density at radius 2 is 2.39 bits per heavy atom. The molecular weight excluding hydrogens is 254 g/mol. The molecule has 0 fully saturated rings. The van der Waals surface area contributed by atoms with E-state index >= 15 is 0 Å². The van der Waals surface area contributed by atoms with Crippen molar-refractivity contribution in [2.45, 2.75) is 6.54 Å². The van der Waals surface area contributed by atoms with Crippen molar-refractivity contribution in [3.05, 3.63) is 38.7 Å². The molecule has 0 spiro atoms. The van der Waals surface area contributed by atoms with Gasteiger partial charge in [-0.15, -0.1) is 0 Å². The number of hydrogen-bond acceptors (Lipinski definition) is 7. The smallest absolute Gasteiger partial charge is 0.329 e. The Balaban J connectivity index is 2.31. The summed E-state index contributed by atoms with van der Waals surface area (Å²) < 4.78 is 0. The van der Waals surface area contributed by atoms with E-state index in [1.807, 2.05) is 16.8 Å². The number of nitrogen functional groups attached to an aromatic ring is 1. The van der Waals surface area contributed by atoms with Crippen LogP contribution in [0, 0.1) is 10.1 Å². The SMILES string of the molecule is CN(Cc1ccsc1)c1nc(N)ncc1[N+](=O)[O-]. The van der Waals surface area contributed by atoms with Crippen LogP contribution < -0.4 is 10.6 Å². The molecule has 18 heavy (non-hydrogen) atoms. The number of aromatic nitrogens is 2. The van der Waals surface area contributed by atoms with Crippen molar-refractivity contribution in [1.82, 2.24) is 9.97 Å². The van der Waals surface area contributed by atoms with Gasteiger partial charge in [0.1, 0.15) is 6.20 Å². The van der Waals surface area contributed by atoms with Gasteiger partial charge < -0.3 is 10.6 Å². The lowest BCUT2D eigenvalue weighted by Crippen LogP contribution is -2.19. The van der Waals surface area contributed by atoms with Gasteiger partial charge in [-0.2, -0.15) is 16.3 Å². The Morgan fingerprint density at radius 1 is 1.61 bits per heavy atom. The first kappa shape index (κ1) is 12.2. The molecule has 0 unspecified atom stereocenters. The van der Waals surface area contributed by atoms with E-state index in [2.05, 4.69) is 9.97 Å². The van der Waals surface area contributed by atoms with Crippen LogP contribution in [0.1, 0.15) is 5.56 Å². The first-order valence-corrected chi connectivity index (χ1v) is 6.01. The predicted molar refractivity (Wildman–Crippen MR) is 69.5 cm³/mol. The van der Waals surface area contributed by atoms with Crippen molar-refractivity contribution >= 4 is 28.8 Å².